The molecule has 0 fully saturated rings. The number of ether oxygens (including phenoxy) is 1. The van der Waals surface area contributed by atoms with E-state index in [1.165, 1.54) is 0 Å². The lowest BCUT2D eigenvalue weighted by Crippen LogP contribution is -2.12. The Morgan fingerprint density at radius 2 is 1.85 bits per heavy atom. The molecule has 0 atom stereocenters. The van der Waals surface area contributed by atoms with Crippen molar-refractivity contribution in [2.45, 2.75) is 27.0 Å². The minimum absolute atomic E-state index is 0.129. The SMILES string of the molecule is Cc1ccc(C)c(OCc2ccc(C(=O)Nc3nn(Cc4ccc(Cl)c(Cl)c4)cc3Cl)o2)c1. The summed E-state index contributed by atoms with van der Waals surface area (Å²) in [5, 5.41) is 8.24. The molecule has 9 heteroatoms. The maximum Gasteiger partial charge on any atom is 0.292 e. The standard InChI is InChI=1S/C24H20Cl3N3O3/c1-14-3-4-15(2)22(9-14)32-13-17-6-8-21(33-17)24(31)28-23-20(27)12-30(29-23)11-16-5-7-18(25)19(26)10-16/h3-10,12H,11,13H2,1-2H3,(H,28,29,31). The Labute approximate surface area is 206 Å². The van der Waals surface area contributed by atoms with Crippen molar-refractivity contribution in [2.75, 3.05) is 5.32 Å². The molecule has 2 aromatic heterocycles. The summed E-state index contributed by atoms with van der Waals surface area (Å²) in [7, 11) is 0. The summed E-state index contributed by atoms with van der Waals surface area (Å²) in [5.74, 6) is 1.19. The molecule has 0 unspecified atom stereocenters. The molecule has 0 spiro atoms. The number of aromatic nitrogens is 2. The van der Waals surface area contributed by atoms with Crippen LogP contribution in [-0.4, -0.2) is 15.7 Å². The zero-order valence-corrected chi connectivity index (χ0v) is 20.1. The molecule has 0 aliphatic carbocycles. The number of benzene rings is 2. The Balaban J connectivity index is 1.39. The van der Waals surface area contributed by atoms with Crippen molar-refractivity contribution in [2.24, 2.45) is 0 Å². The molecule has 6 nitrogen and oxygen atoms in total. The smallest absolute Gasteiger partial charge is 0.292 e. The first kappa shape index (κ1) is 23.2. The van der Waals surface area contributed by atoms with E-state index < -0.39 is 5.91 Å². The minimum Gasteiger partial charge on any atom is -0.485 e. The van der Waals surface area contributed by atoms with Gasteiger partial charge in [0.05, 0.1) is 16.6 Å². The molecule has 1 N–H and O–H groups in total. The highest BCUT2D eigenvalue weighted by atomic mass is 35.5. The highest BCUT2D eigenvalue weighted by Gasteiger charge is 2.16. The molecule has 0 aliphatic heterocycles. The second-order valence-corrected chi connectivity index (χ2v) is 8.77. The lowest BCUT2D eigenvalue weighted by Gasteiger charge is -2.08. The number of nitrogens with zero attached hydrogens (tertiary/aromatic N) is 2. The molecule has 0 radical (unpaired) electrons. The van der Waals surface area contributed by atoms with Crippen LogP contribution in [0.15, 0.2) is 59.1 Å². The van der Waals surface area contributed by atoms with E-state index in [0.717, 1.165) is 22.4 Å². The normalized spacial score (nSPS) is 10.9. The molecule has 4 aromatic rings. The number of anilines is 1. The fourth-order valence-electron chi connectivity index (χ4n) is 3.15. The van der Waals surface area contributed by atoms with Crippen molar-refractivity contribution in [3.05, 3.63) is 98.0 Å². The van der Waals surface area contributed by atoms with Gasteiger partial charge < -0.3 is 14.5 Å². The number of furan rings is 1. The van der Waals surface area contributed by atoms with E-state index in [1.54, 1.807) is 35.1 Å². The Hall–Kier alpha value is -2.93. The van der Waals surface area contributed by atoms with Crippen LogP contribution in [0.2, 0.25) is 15.1 Å². The van der Waals surface area contributed by atoms with Gasteiger partial charge in [-0.05, 0) is 60.9 Å². The van der Waals surface area contributed by atoms with E-state index >= 15 is 0 Å². The predicted octanol–water partition coefficient (Wildman–Crippen LogP) is 6.93. The van der Waals surface area contributed by atoms with Crippen molar-refractivity contribution in [1.82, 2.24) is 9.78 Å². The third-order valence-corrected chi connectivity index (χ3v) is 5.89. The Morgan fingerprint density at radius 1 is 1.03 bits per heavy atom. The fourth-order valence-corrected chi connectivity index (χ4v) is 3.66. The molecule has 4 rings (SSSR count). The number of rotatable bonds is 7. The highest BCUT2D eigenvalue weighted by Crippen LogP contribution is 2.25. The topological polar surface area (TPSA) is 69.3 Å². The molecular weight excluding hydrogens is 485 g/mol. The van der Waals surface area contributed by atoms with Crippen LogP contribution in [0.4, 0.5) is 5.82 Å². The van der Waals surface area contributed by atoms with Crippen molar-refractivity contribution in [3.63, 3.8) is 0 Å². The summed E-state index contributed by atoms with van der Waals surface area (Å²) in [6.45, 7) is 4.59. The van der Waals surface area contributed by atoms with Gasteiger partial charge in [0, 0.05) is 6.20 Å². The van der Waals surface area contributed by atoms with Gasteiger partial charge in [0.1, 0.15) is 23.1 Å². The van der Waals surface area contributed by atoms with Crippen molar-refractivity contribution in [3.8, 4) is 5.75 Å². The van der Waals surface area contributed by atoms with Crippen LogP contribution in [0, 0.1) is 13.8 Å². The summed E-state index contributed by atoms with van der Waals surface area (Å²) >= 11 is 18.3. The van der Waals surface area contributed by atoms with E-state index in [0.29, 0.717) is 27.4 Å². The quantitative estimate of drug-likeness (QED) is 0.296. The second kappa shape index (κ2) is 9.91. The number of hydrogen-bond donors (Lipinski definition) is 1. The number of aryl methyl sites for hydroxylation is 2. The summed E-state index contributed by atoms with van der Waals surface area (Å²) in [4.78, 5) is 12.6. The number of hydrogen-bond acceptors (Lipinski definition) is 4. The first-order chi connectivity index (χ1) is 15.8. The minimum atomic E-state index is -0.463. The van der Waals surface area contributed by atoms with Gasteiger partial charge >= 0.3 is 0 Å². The highest BCUT2D eigenvalue weighted by molar-refractivity contribution is 6.42. The van der Waals surface area contributed by atoms with E-state index in [-0.39, 0.29) is 18.2 Å². The third kappa shape index (κ3) is 5.71. The Morgan fingerprint density at radius 3 is 2.64 bits per heavy atom. The number of carbonyl (C=O) groups is 1. The van der Waals surface area contributed by atoms with Crippen LogP contribution in [-0.2, 0) is 13.2 Å². The van der Waals surface area contributed by atoms with Crippen molar-refractivity contribution in [1.29, 1.82) is 0 Å². The van der Waals surface area contributed by atoms with Gasteiger partial charge in [-0.25, -0.2) is 0 Å². The largest absolute Gasteiger partial charge is 0.485 e. The van der Waals surface area contributed by atoms with Gasteiger partial charge in [-0.2, -0.15) is 5.10 Å². The molecule has 0 aliphatic rings. The molecule has 33 heavy (non-hydrogen) atoms. The first-order valence-electron chi connectivity index (χ1n) is 10.1. The molecule has 2 heterocycles. The second-order valence-electron chi connectivity index (χ2n) is 7.55. The van der Waals surface area contributed by atoms with E-state index in [4.69, 9.17) is 44.0 Å². The van der Waals surface area contributed by atoms with Crippen LogP contribution in [0.5, 0.6) is 5.75 Å². The van der Waals surface area contributed by atoms with Gasteiger partial charge in [-0.3, -0.25) is 9.48 Å². The van der Waals surface area contributed by atoms with Gasteiger partial charge in [0.15, 0.2) is 11.6 Å². The Bertz CT molecular complexity index is 1310. The van der Waals surface area contributed by atoms with E-state index in [2.05, 4.69) is 10.4 Å². The maximum atomic E-state index is 12.6. The monoisotopic (exact) mass is 503 g/mol. The van der Waals surface area contributed by atoms with Crippen molar-refractivity contribution < 1.29 is 13.9 Å². The zero-order valence-electron chi connectivity index (χ0n) is 17.9. The molecule has 0 bridgehead atoms. The van der Waals surface area contributed by atoms with Gasteiger partial charge in [-0.15, -0.1) is 0 Å². The number of nitrogens with one attached hydrogen (secondary N) is 1. The molecule has 2 aromatic carbocycles. The number of halogens is 3. The summed E-state index contributed by atoms with van der Waals surface area (Å²) in [6, 6.07) is 14.6. The van der Waals surface area contributed by atoms with E-state index in [1.807, 2.05) is 38.1 Å². The summed E-state index contributed by atoms with van der Waals surface area (Å²) in [5.41, 5.74) is 3.02. The van der Waals surface area contributed by atoms with Crippen LogP contribution in [0.1, 0.15) is 33.0 Å². The summed E-state index contributed by atoms with van der Waals surface area (Å²) in [6.07, 6.45) is 1.62. The predicted molar refractivity (Wildman–Crippen MR) is 130 cm³/mol. The van der Waals surface area contributed by atoms with Gasteiger partial charge in [0.25, 0.3) is 5.91 Å². The lowest BCUT2D eigenvalue weighted by atomic mass is 10.1. The molecule has 0 saturated heterocycles. The summed E-state index contributed by atoms with van der Waals surface area (Å²) < 4.78 is 13.1. The molecule has 170 valence electrons. The fraction of sp³-hybridized carbons (Fsp3) is 0.167. The molecule has 0 saturated carbocycles. The average molecular weight is 505 g/mol. The van der Waals surface area contributed by atoms with E-state index in [9.17, 15) is 4.79 Å². The number of carbonyl (C=O) groups excluding carboxylic acids is 1. The maximum absolute atomic E-state index is 12.6. The zero-order chi connectivity index (χ0) is 23.5. The van der Waals surface area contributed by atoms with Gasteiger partial charge in [0.2, 0.25) is 0 Å². The lowest BCUT2D eigenvalue weighted by molar-refractivity contribution is 0.0992. The van der Waals surface area contributed by atoms with Crippen molar-refractivity contribution >= 4 is 46.5 Å². The van der Waals surface area contributed by atoms with Crippen LogP contribution < -0.4 is 10.1 Å². The van der Waals surface area contributed by atoms with Crippen LogP contribution in [0.25, 0.3) is 0 Å². The number of amides is 1. The average Bonchev–Trinajstić information content (AvgIpc) is 3.38. The molecule has 1 amide bonds. The van der Waals surface area contributed by atoms with Gasteiger partial charge in [-0.1, -0.05) is 53.0 Å². The van der Waals surface area contributed by atoms with Crippen LogP contribution in [0.3, 0.4) is 0 Å². The molecular formula is C24H20Cl3N3O3. The first-order valence-corrected chi connectivity index (χ1v) is 11.2. The van der Waals surface area contributed by atoms with Crippen LogP contribution >= 0.6 is 34.8 Å². The third-order valence-electron chi connectivity index (χ3n) is 4.88. The Kier molecular flexibility index (Phi) is 6.98.